The molecule has 7 nitrogen and oxygen atoms in total. The maximum absolute atomic E-state index is 13.3. The molecule has 1 atom stereocenters. The number of amides is 2. The van der Waals surface area contributed by atoms with Crippen molar-refractivity contribution in [3.63, 3.8) is 0 Å². The first-order chi connectivity index (χ1) is 16.3. The number of nitrogens with zero attached hydrogens (tertiary/aromatic N) is 2. The Labute approximate surface area is 202 Å². The fourth-order valence-electron chi connectivity index (χ4n) is 4.67. The highest BCUT2D eigenvalue weighted by Gasteiger charge is 2.38. The molecule has 0 bridgehead atoms. The molecule has 4 rings (SSSR count). The van der Waals surface area contributed by atoms with Crippen LogP contribution in [0.3, 0.4) is 0 Å². The second-order valence-electron chi connectivity index (χ2n) is 9.00. The minimum absolute atomic E-state index is 0.0426. The average molecular weight is 485 g/mol. The molecule has 2 aliphatic heterocycles. The summed E-state index contributed by atoms with van der Waals surface area (Å²) in [4.78, 5) is 26.1. The van der Waals surface area contributed by atoms with Gasteiger partial charge in [-0.2, -0.15) is 5.26 Å². The van der Waals surface area contributed by atoms with Crippen LogP contribution in [0.4, 0.5) is 10.1 Å². The van der Waals surface area contributed by atoms with Gasteiger partial charge in [-0.25, -0.2) is 4.39 Å². The first-order valence-electron chi connectivity index (χ1n) is 11.2. The van der Waals surface area contributed by atoms with Crippen molar-refractivity contribution in [3.05, 3.63) is 58.4 Å². The number of nitrogens with two attached hydrogens (primary N) is 1. The monoisotopic (exact) mass is 484 g/mol. The molecule has 1 saturated heterocycles. The summed E-state index contributed by atoms with van der Waals surface area (Å²) in [5.74, 6) is -0.762. The molecule has 1 fully saturated rings. The molecule has 0 spiro atoms. The summed E-state index contributed by atoms with van der Waals surface area (Å²) < 4.78 is 18.6. The van der Waals surface area contributed by atoms with Gasteiger partial charge in [-0.1, -0.05) is 23.7 Å². The molecular weight excluding hydrogens is 459 g/mol. The second-order valence-corrected chi connectivity index (χ2v) is 9.40. The fourth-order valence-corrected chi connectivity index (χ4v) is 4.89. The largest absolute Gasteiger partial charge is 0.482 e. The summed E-state index contributed by atoms with van der Waals surface area (Å²) in [6.45, 7) is 1.22. The van der Waals surface area contributed by atoms with Gasteiger partial charge in [-0.3, -0.25) is 9.59 Å². The van der Waals surface area contributed by atoms with Crippen molar-refractivity contribution in [2.24, 2.45) is 17.1 Å². The van der Waals surface area contributed by atoms with E-state index in [1.54, 1.807) is 24.3 Å². The standard InChI is InChI=1S/C25H26ClFN4O3/c26-20-11-21-17(10-22(20)34-14-23(29)32)9-18(13-30-21)24(33)31-7-5-25(15-28,6-8-31)12-16-1-3-19(27)4-2-16/h1-4,10-11,18,30H,5-9,12-14H2,(H2,29,32). The van der Waals surface area contributed by atoms with Gasteiger partial charge in [-0.05, 0) is 61.1 Å². The Morgan fingerprint density at radius 3 is 2.62 bits per heavy atom. The summed E-state index contributed by atoms with van der Waals surface area (Å²) in [6.07, 6.45) is 2.20. The van der Waals surface area contributed by atoms with Gasteiger partial charge in [0.15, 0.2) is 6.61 Å². The van der Waals surface area contributed by atoms with Crippen LogP contribution in [0.2, 0.25) is 5.02 Å². The van der Waals surface area contributed by atoms with E-state index in [-0.39, 0.29) is 24.2 Å². The van der Waals surface area contributed by atoms with Crippen molar-refractivity contribution in [1.29, 1.82) is 5.26 Å². The van der Waals surface area contributed by atoms with Gasteiger partial charge in [0, 0.05) is 25.3 Å². The maximum Gasteiger partial charge on any atom is 0.255 e. The van der Waals surface area contributed by atoms with E-state index in [4.69, 9.17) is 22.1 Å². The van der Waals surface area contributed by atoms with Gasteiger partial charge in [0.2, 0.25) is 5.91 Å². The Morgan fingerprint density at radius 1 is 1.26 bits per heavy atom. The number of fused-ring (bicyclic) bond motifs is 1. The van der Waals surface area contributed by atoms with Gasteiger partial charge in [0.25, 0.3) is 5.91 Å². The van der Waals surface area contributed by atoms with Crippen LogP contribution in [-0.2, 0) is 22.4 Å². The summed E-state index contributed by atoms with van der Waals surface area (Å²) in [7, 11) is 0. The molecule has 0 aromatic heterocycles. The zero-order valence-electron chi connectivity index (χ0n) is 18.7. The van der Waals surface area contributed by atoms with E-state index in [0.29, 0.717) is 56.1 Å². The number of benzene rings is 2. The van der Waals surface area contributed by atoms with E-state index in [1.807, 2.05) is 4.90 Å². The highest BCUT2D eigenvalue weighted by atomic mass is 35.5. The Bertz CT molecular complexity index is 1120. The molecule has 2 amide bonds. The molecule has 9 heteroatoms. The number of piperidine rings is 1. The number of nitrogens with one attached hydrogen (secondary N) is 1. The lowest BCUT2D eigenvalue weighted by molar-refractivity contribution is -0.137. The second kappa shape index (κ2) is 9.90. The number of rotatable bonds is 6. The highest BCUT2D eigenvalue weighted by molar-refractivity contribution is 6.32. The Hall–Kier alpha value is -3.31. The quantitative estimate of drug-likeness (QED) is 0.654. The van der Waals surface area contributed by atoms with Crippen LogP contribution in [0.25, 0.3) is 0 Å². The minimum Gasteiger partial charge on any atom is -0.482 e. The number of carbonyl (C=O) groups is 2. The minimum atomic E-state index is -0.599. The van der Waals surface area contributed by atoms with Gasteiger partial charge in [-0.15, -0.1) is 0 Å². The number of hydrogen-bond donors (Lipinski definition) is 2. The molecule has 0 aliphatic carbocycles. The zero-order valence-corrected chi connectivity index (χ0v) is 19.4. The third-order valence-electron chi connectivity index (χ3n) is 6.61. The third kappa shape index (κ3) is 5.26. The van der Waals surface area contributed by atoms with E-state index in [2.05, 4.69) is 11.4 Å². The number of halogens is 2. The maximum atomic E-state index is 13.3. The van der Waals surface area contributed by atoms with Crippen LogP contribution in [0.1, 0.15) is 24.0 Å². The van der Waals surface area contributed by atoms with E-state index in [1.165, 1.54) is 12.1 Å². The van der Waals surface area contributed by atoms with Crippen LogP contribution in [0.15, 0.2) is 36.4 Å². The number of primary amides is 1. The van der Waals surface area contributed by atoms with Gasteiger partial charge in [0.05, 0.1) is 22.4 Å². The number of ether oxygens (including phenoxy) is 1. The average Bonchev–Trinajstić information content (AvgIpc) is 2.84. The summed E-state index contributed by atoms with van der Waals surface area (Å²) >= 11 is 6.23. The molecule has 2 aromatic carbocycles. The predicted molar refractivity (Wildman–Crippen MR) is 126 cm³/mol. The van der Waals surface area contributed by atoms with E-state index in [0.717, 1.165) is 16.8 Å². The first kappa shape index (κ1) is 23.8. The topological polar surface area (TPSA) is 108 Å². The van der Waals surface area contributed by atoms with E-state index < -0.39 is 11.3 Å². The molecule has 0 radical (unpaired) electrons. The number of nitriles is 1. The lowest BCUT2D eigenvalue weighted by Crippen LogP contribution is -2.47. The number of hydrogen-bond acceptors (Lipinski definition) is 5. The molecule has 0 saturated carbocycles. The van der Waals surface area contributed by atoms with Crippen LogP contribution in [0, 0.1) is 28.5 Å². The smallest absolute Gasteiger partial charge is 0.255 e. The van der Waals surface area contributed by atoms with Crippen LogP contribution in [-0.4, -0.2) is 43.0 Å². The van der Waals surface area contributed by atoms with Gasteiger partial charge >= 0.3 is 0 Å². The van der Waals surface area contributed by atoms with Crippen LogP contribution >= 0.6 is 11.6 Å². The van der Waals surface area contributed by atoms with Gasteiger partial charge in [0.1, 0.15) is 11.6 Å². The molecule has 2 aliphatic rings. The predicted octanol–water partition coefficient (Wildman–Crippen LogP) is 3.30. The lowest BCUT2D eigenvalue weighted by atomic mass is 9.75. The third-order valence-corrected chi connectivity index (χ3v) is 6.90. The lowest BCUT2D eigenvalue weighted by Gasteiger charge is -2.39. The molecule has 2 aromatic rings. The molecule has 178 valence electrons. The van der Waals surface area contributed by atoms with Crippen LogP contribution in [0.5, 0.6) is 5.75 Å². The molecule has 1 unspecified atom stereocenters. The Kier molecular flexibility index (Phi) is 6.94. The first-order valence-corrected chi connectivity index (χ1v) is 11.6. The summed E-state index contributed by atoms with van der Waals surface area (Å²) in [5.41, 5.74) is 7.22. The molecule has 3 N–H and O–H groups in total. The van der Waals surface area contributed by atoms with Crippen molar-refractivity contribution in [2.45, 2.75) is 25.7 Å². The van der Waals surface area contributed by atoms with Crippen molar-refractivity contribution >= 4 is 29.1 Å². The van der Waals surface area contributed by atoms with E-state index in [9.17, 15) is 19.2 Å². The van der Waals surface area contributed by atoms with Crippen molar-refractivity contribution in [3.8, 4) is 11.8 Å². The van der Waals surface area contributed by atoms with Crippen LogP contribution < -0.4 is 15.8 Å². The zero-order chi connectivity index (χ0) is 24.3. The Morgan fingerprint density at radius 2 is 1.97 bits per heavy atom. The SMILES string of the molecule is N#CC1(Cc2ccc(F)cc2)CCN(C(=O)C2CNc3cc(Cl)c(OCC(N)=O)cc3C2)CC1. The van der Waals surface area contributed by atoms with Gasteiger partial charge < -0.3 is 20.7 Å². The fraction of sp³-hybridized carbons (Fsp3) is 0.400. The summed E-state index contributed by atoms with van der Waals surface area (Å²) in [6, 6.07) is 12.2. The summed E-state index contributed by atoms with van der Waals surface area (Å²) in [5, 5.41) is 13.5. The van der Waals surface area contributed by atoms with Crippen molar-refractivity contribution in [1.82, 2.24) is 4.90 Å². The molecule has 2 heterocycles. The number of likely N-dealkylation sites (tertiary alicyclic amines) is 1. The highest BCUT2D eigenvalue weighted by Crippen LogP contribution is 2.37. The number of carbonyl (C=O) groups excluding carboxylic acids is 2. The normalized spacial score (nSPS) is 18.9. The number of anilines is 1. The van der Waals surface area contributed by atoms with Crippen molar-refractivity contribution < 1.29 is 18.7 Å². The Balaban J connectivity index is 1.39. The molecule has 34 heavy (non-hydrogen) atoms. The molecular formula is C25H26ClFN4O3. The van der Waals surface area contributed by atoms with Crippen molar-refractivity contribution in [2.75, 3.05) is 31.6 Å². The van der Waals surface area contributed by atoms with E-state index >= 15 is 0 Å².